The highest BCUT2D eigenvalue weighted by Gasteiger charge is 2.32. The van der Waals surface area contributed by atoms with Gasteiger partial charge in [0.15, 0.2) is 0 Å². The molecule has 0 radical (unpaired) electrons. The van der Waals surface area contributed by atoms with Gasteiger partial charge in [-0.15, -0.1) is 0 Å². The molecule has 1 unspecified atom stereocenters. The van der Waals surface area contributed by atoms with E-state index >= 15 is 0 Å². The van der Waals surface area contributed by atoms with Crippen LogP contribution < -0.4 is 5.32 Å². The summed E-state index contributed by atoms with van der Waals surface area (Å²) in [5.74, 6) is 1.52. The standard InChI is InChI=1S/C16H20N2O2S/c1-10-11(2)18-14-12(10)4-3-5-13(14)15(19)17-8-16(20)6-7-21-9-16/h3-5,18,20H,6-9H2,1-2H3,(H,17,19). The van der Waals surface area contributed by atoms with Gasteiger partial charge in [0, 0.05) is 23.4 Å². The van der Waals surface area contributed by atoms with E-state index in [1.807, 2.05) is 32.0 Å². The SMILES string of the molecule is Cc1[nH]c2c(C(=O)NCC3(O)CCSC3)cccc2c1C. The number of nitrogens with one attached hydrogen (secondary N) is 2. The van der Waals surface area contributed by atoms with E-state index in [-0.39, 0.29) is 5.91 Å². The van der Waals surface area contributed by atoms with Crippen molar-refractivity contribution in [1.82, 2.24) is 10.3 Å². The van der Waals surface area contributed by atoms with Gasteiger partial charge in [0.05, 0.1) is 16.7 Å². The molecule has 3 rings (SSSR count). The highest BCUT2D eigenvalue weighted by Crippen LogP contribution is 2.27. The van der Waals surface area contributed by atoms with Crippen molar-refractivity contribution in [3.8, 4) is 0 Å². The number of fused-ring (bicyclic) bond motifs is 1. The zero-order valence-electron chi connectivity index (χ0n) is 12.3. The Hall–Kier alpha value is -1.46. The summed E-state index contributed by atoms with van der Waals surface area (Å²) in [4.78, 5) is 15.7. The van der Waals surface area contributed by atoms with Gasteiger partial charge < -0.3 is 15.4 Å². The Kier molecular flexibility index (Phi) is 3.71. The molecule has 3 N–H and O–H groups in total. The lowest BCUT2D eigenvalue weighted by Crippen LogP contribution is -2.43. The molecule has 1 saturated heterocycles. The predicted molar refractivity (Wildman–Crippen MR) is 87.0 cm³/mol. The van der Waals surface area contributed by atoms with Crippen molar-refractivity contribution in [2.75, 3.05) is 18.1 Å². The van der Waals surface area contributed by atoms with Crippen LogP contribution in [0.4, 0.5) is 0 Å². The average molecular weight is 304 g/mol. The number of amides is 1. The first-order valence-corrected chi connectivity index (χ1v) is 8.32. The Morgan fingerprint density at radius 2 is 2.29 bits per heavy atom. The maximum Gasteiger partial charge on any atom is 0.253 e. The van der Waals surface area contributed by atoms with Gasteiger partial charge in [-0.2, -0.15) is 11.8 Å². The molecule has 1 fully saturated rings. The van der Waals surface area contributed by atoms with Crippen LogP contribution in [0.2, 0.25) is 0 Å². The summed E-state index contributed by atoms with van der Waals surface area (Å²) in [6.07, 6.45) is 0.739. The Balaban J connectivity index is 1.83. The molecule has 112 valence electrons. The first-order valence-electron chi connectivity index (χ1n) is 7.16. The molecule has 1 aliphatic heterocycles. The smallest absolute Gasteiger partial charge is 0.253 e. The van der Waals surface area contributed by atoms with Gasteiger partial charge in [0.2, 0.25) is 0 Å². The summed E-state index contributed by atoms with van der Waals surface area (Å²) >= 11 is 1.73. The summed E-state index contributed by atoms with van der Waals surface area (Å²) < 4.78 is 0. The van der Waals surface area contributed by atoms with E-state index in [0.717, 1.165) is 28.8 Å². The zero-order valence-corrected chi connectivity index (χ0v) is 13.1. The number of benzene rings is 1. The van der Waals surface area contributed by atoms with Crippen LogP contribution in [0.25, 0.3) is 10.9 Å². The second-order valence-corrected chi connectivity index (χ2v) is 6.92. The molecule has 2 aromatic rings. The van der Waals surface area contributed by atoms with Crippen LogP contribution in [0.3, 0.4) is 0 Å². The fourth-order valence-electron chi connectivity index (χ4n) is 2.75. The Morgan fingerprint density at radius 3 is 3.00 bits per heavy atom. The van der Waals surface area contributed by atoms with E-state index in [2.05, 4.69) is 10.3 Å². The van der Waals surface area contributed by atoms with Crippen LogP contribution >= 0.6 is 11.8 Å². The number of hydrogen-bond donors (Lipinski definition) is 3. The number of aromatic amines is 1. The second-order valence-electron chi connectivity index (χ2n) is 5.81. The van der Waals surface area contributed by atoms with Crippen LogP contribution in [0.5, 0.6) is 0 Å². The summed E-state index contributed by atoms with van der Waals surface area (Å²) in [5.41, 5.74) is 3.01. The molecule has 0 aliphatic carbocycles. The summed E-state index contributed by atoms with van der Waals surface area (Å²) in [6, 6.07) is 5.74. The van der Waals surface area contributed by atoms with Crippen molar-refractivity contribution in [2.45, 2.75) is 25.9 Å². The number of carbonyl (C=O) groups is 1. The van der Waals surface area contributed by atoms with Crippen molar-refractivity contribution in [3.63, 3.8) is 0 Å². The molecule has 21 heavy (non-hydrogen) atoms. The molecule has 1 aliphatic rings. The monoisotopic (exact) mass is 304 g/mol. The van der Waals surface area contributed by atoms with Crippen molar-refractivity contribution in [3.05, 3.63) is 35.0 Å². The minimum Gasteiger partial charge on any atom is -0.387 e. The third-order valence-electron chi connectivity index (χ3n) is 4.25. The molecule has 5 heteroatoms. The third-order valence-corrected chi connectivity index (χ3v) is 5.48. The fourth-order valence-corrected chi connectivity index (χ4v) is 4.04. The van der Waals surface area contributed by atoms with Crippen LogP contribution in [-0.4, -0.2) is 39.6 Å². The lowest BCUT2D eigenvalue weighted by atomic mass is 10.0. The second kappa shape index (κ2) is 5.39. The number of thioether (sulfide) groups is 1. The first kappa shape index (κ1) is 14.5. The van der Waals surface area contributed by atoms with Gasteiger partial charge in [-0.1, -0.05) is 12.1 Å². The molecule has 0 saturated carbocycles. The summed E-state index contributed by atoms with van der Waals surface area (Å²) in [5, 5.41) is 14.3. The number of aryl methyl sites for hydroxylation is 2. The van der Waals surface area contributed by atoms with Crippen LogP contribution in [0.1, 0.15) is 28.0 Å². The van der Waals surface area contributed by atoms with Crippen LogP contribution in [-0.2, 0) is 0 Å². The largest absolute Gasteiger partial charge is 0.387 e. The lowest BCUT2D eigenvalue weighted by Gasteiger charge is -2.21. The molecule has 2 heterocycles. The van der Waals surface area contributed by atoms with E-state index in [1.165, 1.54) is 5.56 Å². The maximum atomic E-state index is 12.4. The summed E-state index contributed by atoms with van der Waals surface area (Å²) in [7, 11) is 0. The maximum absolute atomic E-state index is 12.4. The predicted octanol–water partition coefficient (Wildman–Crippen LogP) is 2.38. The topological polar surface area (TPSA) is 65.1 Å². The first-order chi connectivity index (χ1) is 10.0. The van der Waals surface area contributed by atoms with Gasteiger partial charge >= 0.3 is 0 Å². The molecule has 1 aromatic carbocycles. The summed E-state index contributed by atoms with van der Waals surface area (Å²) in [6.45, 7) is 4.37. The van der Waals surface area contributed by atoms with E-state index in [1.54, 1.807) is 11.8 Å². The molecule has 1 atom stereocenters. The van der Waals surface area contributed by atoms with Gasteiger partial charge in [-0.3, -0.25) is 4.79 Å². The zero-order chi connectivity index (χ0) is 15.0. The van der Waals surface area contributed by atoms with Gasteiger partial charge in [0.1, 0.15) is 0 Å². The van der Waals surface area contributed by atoms with Crippen LogP contribution in [0, 0.1) is 13.8 Å². The fraction of sp³-hybridized carbons (Fsp3) is 0.438. The van der Waals surface area contributed by atoms with Gasteiger partial charge in [-0.25, -0.2) is 0 Å². The molecule has 1 amide bonds. The highest BCUT2D eigenvalue weighted by atomic mass is 32.2. The molecular weight excluding hydrogens is 284 g/mol. The van der Waals surface area contributed by atoms with Gasteiger partial charge in [-0.05, 0) is 37.7 Å². The number of aliphatic hydroxyl groups is 1. The van der Waals surface area contributed by atoms with Crippen molar-refractivity contribution >= 4 is 28.6 Å². The van der Waals surface area contributed by atoms with Crippen LogP contribution in [0.15, 0.2) is 18.2 Å². The third kappa shape index (κ3) is 2.68. The number of carbonyl (C=O) groups excluding carboxylic acids is 1. The van der Waals surface area contributed by atoms with Crippen molar-refractivity contribution in [2.24, 2.45) is 0 Å². The normalized spacial score (nSPS) is 21.9. The van der Waals surface area contributed by atoms with Crippen molar-refractivity contribution < 1.29 is 9.90 Å². The molecular formula is C16H20N2O2S. The molecule has 4 nitrogen and oxygen atoms in total. The minimum atomic E-state index is -0.754. The number of H-pyrrole nitrogens is 1. The Morgan fingerprint density at radius 1 is 1.48 bits per heavy atom. The molecule has 0 bridgehead atoms. The Bertz CT molecular complexity index is 687. The van der Waals surface area contributed by atoms with Gasteiger partial charge in [0.25, 0.3) is 5.91 Å². The number of hydrogen-bond acceptors (Lipinski definition) is 3. The highest BCUT2D eigenvalue weighted by molar-refractivity contribution is 7.99. The average Bonchev–Trinajstić information content (AvgIpc) is 3.02. The van der Waals surface area contributed by atoms with E-state index in [0.29, 0.717) is 17.9 Å². The molecule has 0 spiro atoms. The van der Waals surface area contributed by atoms with Crippen molar-refractivity contribution in [1.29, 1.82) is 0 Å². The minimum absolute atomic E-state index is 0.132. The van der Waals surface area contributed by atoms with E-state index in [9.17, 15) is 9.90 Å². The van der Waals surface area contributed by atoms with E-state index in [4.69, 9.17) is 0 Å². The number of aromatic nitrogens is 1. The van der Waals surface area contributed by atoms with E-state index < -0.39 is 5.60 Å². The number of rotatable bonds is 3. The molecule has 1 aromatic heterocycles. The lowest BCUT2D eigenvalue weighted by molar-refractivity contribution is 0.0613. The quantitative estimate of drug-likeness (QED) is 0.816. The Labute approximate surface area is 128 Å². The number of para-hydroxylation sites is 1.